The van der Waals surface area contributed by atoms with Gasteiger partial charge in [-0.2, -0.15) is 0 Å². The number of aromatic nitrogens is 1. The van der Waals surface area contributed by atoms with Crippen LogP contribution in [0.3, 0.4) is 0 Å². The lowest BCUT2D eigenvalue weighted by atomic mass is 10.2. The molecule has 0 fully saturated rings. The molecule has 1 aromatic heterocycles. The zero-order chi connectivity index (χ0) is 11.3. The molecule has 0 amide bonds. The number of para-hydroxylation sites is 1. The van der Waals surface area contributed by atoms with E-state index in [2.05, 4.69) is 4.98 Å². The molecule has 1 aliphatic rings. The number of nitrogens with zero attached hydrogens (tertiary/aromatic N) is 1. The summed E-state index contributed by atoms with van der Waals surface area (Å²) in [5.41, 5.74) is 0.767. The maximum atomic E-state index is 11.6. The van der Waals surface area contributed by atoms with Gasteiger partial charge >= 0.3 is 0 Å². The van der Waals surface area contributed by atoms with Crippen LogP contribution in [0.2, 0.25) is 0 Å². The van der Waals surface area contributed by atoms with Crippen LogP contribution in [0.25, 0.3) is 10.9 Å². The first kappa shape index (κ1) is 9.80. The smallest absolute Gasteiger partial charge is 0.255 e. The summed E-state index contributed by atoms with van der Waals surface area (Å²) in [5.74, 6) is 0. The van der Waals surface area contributed by atoms with Crippen molar-refractivity contribution in [2.45, 2.75) is 5.03 Å². The molecule has 1 aliphatic heterocycles. The quantitative estimate of drug-likeness (QED) is 0.668. The number of rotatable bonds is 0. The molecule has 2 heterocycles. The van der Waals surface area contributed by atoms with Crippen LogP contribution in [-0.2, 0) is 8.87 Å². The van der Waals surface area contributed by atoms with Crippen molar-refractivity contribution in [3.05, 3.63) is 35.9 Å². The van der Waals surface area contributed by atoms with Crippen LogP contribution in [0.4, 0.5) is 0 Å². The zero-order valence-corrected chi connectivity index (χ0v) is 9.51. The fourth-order valence-electron chi connectivity index (χ4n) is 1.62. The zero-order valence-electron chi connectivity index (χ0n) is 7.88. The fourth-order valence-corrected chi connectivity index (χ4v) is 4.32. The van der Waals surface area contributed by atoms with Crippen molar-refractivity contribution in [2.24, 2.45) is 0 Å². The highest BCUT2D eigenvalue weighted by Crippen LogP contribution is 2.37. The third kappa shape index (κ3) is 1.27. The van der Waals surface area contributed by atoms with E-state index < -0.39 is 14.0 Å². The molecular formula is C10H5NO3S2. The van der Waals surface area contributed by atoms with Gasteiger partial charge in [-0.25, -0.2) is 13.4 Å². The molecule has 16 heavy (non-hydrogen) atoms. The van der Waals surface area contributed by atoms with Crippen molar-refractivity contribution in [1.82, 2.24) is 4.98 Å². The molecule has 2 aromatic rings. The second-order valence-electron chi connectivity index (χ2n) is 3.36. The van der Waals surface area contributed by atoms with Crippen molar-refractivity contribution in [2.75, 3.05) is 0 Å². The number of benzene rings is 1. The Labute approximate surface area is 95.0 Å². The van der Waals surface area contributed by atoms with Gasteiger partial charge in [-0.05, 0) is 12.1 Å². The Bertz CT molecular complexity index is 722. The van der Waals surface area contributed by atoms with Gasteiger partial charge in [0.05, 0.1) is 21.9 Å². The summed E-state index contributed by atoms with van der Waals surface area (Å²) in [5, 5.41) is 0.210. The molecule has 0 spiro atoms. The first-order valence-corrected chi connectivity index (χ1v) is 7.28. The molecule has 0 unspecified atom stereocenters. The van der Waals surface area contributed by atoms with E-state index in [0.717, 1.165) is 5.39 Å². The Balaban J connectivity index is 2.47. The molecule has 0 atom stereocenters. The predicted molar refractivity (Wildman–Crippen MR) is 60.9 cm³/mol. The lowest BCUT2D eigenvalue weighted by Crippen LogP contribution is -1.95. The molecule has 3 rings (SSSR count). The van der Waals surface area contributed by atoms with Crippen molar-refractivity contribution >= 4 is 35.7 Å². The maximum absolute atomic E-state index is 11.6. The molecule has 1 aromatic carbocycles. The summed E-state index contributed by atoms with van der Waals surface area (Å²) in [7, 11) is -3.26. The summed E-state index contributed by atoms with van der Waals surface area (Å²) in [6.45, 7) is 0. The van der Waals surface area contributed by atoms with Gasteiger partial charge in [0.1, 0.15) is 0 Å². The minimum atomic E-state index is -3.59. The van der Waals surface area contributed by atoms with Gasteiger partial charge in [0.2, 0.25) is 5.12 Å². The maximum Gasteiger partial charge on any atom is 0.255 e. The number of pyridine rings is 1. The summed E-state index contributed by atoms with van der Waals surface area (Å²) in [6, 6.07) is 8.69. The molecule has 0 radical (unpaired) electrons. The van der Waals surface area contributed by atoms with E-state index >= 15 is 0 Å². The normalized spacial score (nSPS) is 17.6. The molecular weight excluding hydrogens is 246 g/mol. The van der Waals surface area contributed by atoms with Crippen LogP contribution in [-0.4, -0.2) is 18.5 Å². The SMILES string of the molecule is O=C1SS(=O)(=O)c2nc3ccccc3cc21. The summed E-state index contributed by atoms with van der Waals surface area (Å²) >= 11 is 0. The van der Waals surface area contributed by atoms with Crippen molar-refractivity contribution in [3.63, 3.8) is 0 Å². The Morgan fingerprint density at radius 2 is 1.94 bits per heavy atom. The Kier molecular flexibility index (Phi) is 1.87. The van der Waals surface area contributed by atoms with Crippen LogP contribution >= 0.6 is 10.8 Å². The van der Waals surface area contributed by atoms with Crippen LogP contribution < -0.4 is 0 Å². The molecule has 80 valence electrons. The highest BCUT2D eigenvalue weighted by atomic mass is 33.1. The van der Waals surface area contributed by atoms with E-state index in [1.54, 1.807) is 24.3 Å². The largest absolute Gasteiger partial charge is 0.280 e. The Hall–Kier alpha value is -1.40. The second-order valence-corrected chi connectivity index (χ2v) is 7.01. The van der Waals surface area contributed by atoms with Gasteiger partial charge in [0, 0.05) is 5.39 Å². The molecule has 0 saturated carbocycles. The predicted octanol–water partition coefficient (Wildman–Crippen LogP) is 1.81. The summed E-state index contributed by atoms with van der Waals surface area (Å²) in [4.78, 5) is 15.5. The number of carbonyl (C=O) groups is 1. The lowest BCUT2D eigenvalue weighted by Gasteiger charge is -1.99. The monoisotopic (exact) mass is 251 g/mol. The molecule has 0 aliphatic carbocycles. The van der Waals surface area contributed by atoms with Gasteiger partial charge < -0.3 is 0 Å². The summed E-state index contributed by atoms with van der Waals surface area (Å²) in [6.07, 6.45) is 0. The van der Waals surface area contributed by atoms with Gasteiger partial charge in [0.25, 0.3) is 8.87 Å². The minimum absolute atomic E-state index is 0.110. The molecule has 6 heteroatoms. The van der Waals surface area contributed by atoms with Crippen molar-refractivity contribution < 1.29 is 13.2 Å². The molecule has 0 bridgehead atoms. The van der Waals surface area contributed by atoms with Crippen molar-refractivity contribution in [3.8, 4) is 0 Å². The van der Waals surface area contributed by atoms with Gasteiger partial charge in [-0.15, -0.1) is 0 Å². The van der Waals surface area contributed by atoms with Crippen LogP contribution in [0.1, 0.15) is 10.4 Å². The van der Waals surface area contributed by atoms with E-state index in [4.69, 9.17) is 0 Å². The molecule has 0 N–H and O–H groups in total. The number of fused-ring (bicyclic) bond motifs is 2. The third-order valence-corrected chi connectivity index (χ3v) is 5.29. The molecule has 4 nitrogen and oxygen atoms in total. The lowest BCUT2D eigenvalue weighted by molar-refractivity contribution is 0.108. The van der Waals surface area contributed by atoms with Crippen LogP contribution in [0.15, 0.2) is 35.4 Å². The number of hydrogen-bond acceptors (Lipinski definition) is 5. The minimum Gasteiger partial charge on any atom is -0.280 e. The average molecular weight is 251 g/mol. The highest BCUT2D eigenvalue weighted by molar-refractivity contribution is 8.78. The van der Waals surface area contributed by atoms with Gasteiger partial charge in [0.15, 0.2) is 5.03 Å². The van der Waals surface area contributed by atoms with E-state index in [1.807, 2.05) is 6.07 Å². The third-order valence-electron chi connectivity index (χ3n) is 2.33. The topological polar surface area (TPSA) is 64.1 Å². The van der Waals surface area contributed by atoms with E-state index in [1.165, 1.54) is 0 Å². The Morgan fingerprint density at radius 1 is 1.19 bits per heavy atom. The number of carbonyl (C=O) groups excluding carboxylic acids is 1. The average Bonchev–Trinajstić information content (AvgIpc) is 2.47. The fraction of sp³-hybridized carbons (Fsp3) is 0. The van der Waals surface area contributed by atoms with E-state index in [0.29, 0.717) is 16.3 Å². The van der Waals surface area contributed by atoms with Gasteiger partial charge in [-0.3, -0.25) is 4.79 Å². The first-order chi connectivity index (χ1) is 7.58. The van der Waals surface area contributed by atoms with Crippen molar-refractivity contribution in [1.29, 1.82) is 0 Å². The second kappa shape index (κ2) is 3.05. The van der Waals surface area contributed by atoms with E-state index in [9.17, 15) is 13.2 Å². The standard InChI is InChI=1S/C10H5NO3S2/c12-10-7-5-6-3-1-2-4-8(6)11-9(7)16(13,14)15-10/h1-5H. The molecule has 0 saturated heterocycles. The summed E-state index contributed by atoms with van der Waals surface area (Å²) < 4.78 is 23.2. The Morgan fingerprint density at radius 3 is 2.75 bits per heavy atom. The first-order valence-electron chi connectivity index (χ1n) is 4.46. The number of hydrogen-bond donors (Lipinski definition) is 0. The van der Waals surface area contributed by atoms with E-state index in [-0.39, 0.29) is 10.6 Å². The van der Waals surface area contributed by atoms with Crippen LogP contribution in [0.5, 0.6) is 0 Å². The van der Waals surface area contributed by atoms with Gasteiger partial charge in [-0.1, -0.05) is 18.2 Å². The highest BCUT2D eigenvalue weighted by Gasteiger charge is 2.36. The van der Waals surface area contributed by atoms with Crippen LogP contribution in [0, 0.1) is 0 Å².